The maximum Gasteiger partial charge on any atom is 0.248 e. The minimum Gasteiger partial charge on any atom is -0.322 e. The van der Waals surface area contributed by atoms with Crippen LogP contribution in [0.1, 0.15) is 11.1 Å². The molecule has 1 aromatic heterocycles. The molecular weight excluding hydrogens is 331 g/mol. The second-order valence-corrected chi connectivity index (χ2v) is 7.17. The Bertz CT molecular complexity index is 1070. The number of rotatable bonds is 4. The normalized spacial score (nSPS) is 11.8. The Morgan fingerprint density at radius 2 is 1.88 bits per heavy atom. The van der Waals surface area contributed by atoms with Crippen molar-refractivity contribution in [1.29, 1.82) is 0 Å². The van der Waals surface area contributed by atoms with E-state index in [9.17, 15) is 17.6 Å². The lowest BCUT2D eigenvalue weighted by atomic mass is 10.1. The van der Waals surface area contributed by atoms with Crippen molar-refractivity contribution in [3.8, 4) is 0 Å². The summed E-state index contributed by atoms with van der Waals surface area (Å²) in [6.45, 7) is 1.49. The molecule has 2 aromatic carbocycles. The molecule has 0 aliphatic carbocycles. The summed E-state index contributed by atoms with van der Waals surface area (Å²) < 4.78 is 40.5. The summed E-state index contributed by atoms with van der Waals surface area (Å²) in [6, 6.07) is 12.0. The molecule has 0 spiro atoms. The van der Waals surface area contributed by atoms with Crippen molar-refractivity contribution in [3.63, 3.8) is 0 Å². The highest BCUT2D eigenvalue weighted by molar-refractivity contribution is 7.89. The molecule has 7 heteroatoms. The fourth-order valence-electron chi connectivity index (χ4n) is 2.59. The number of hydrogen-bond donors (Lipinski definition) is 2. The quantitative estimate of drug-likeness (QED) is 0.762. The van der Waals surface area contributed by atoms with Crippen LogP contribution >= 0.6 is 0 Å². The van der Waals surface area contributed by atoms with Crippen LogP contribution in [0.4, 0.5) is 4.39 Å². The molecule has 0 saturated carbocycles. The van der Waals surface area contributed by atoms with Crippen molar-refractivity contribution in [2.24, 2.45) is 0 Å². The molecule has 3 rings (SSSR count). The lowest BCUT2D eigenvalue weighted by molar-refractivity contribution is 0.579. The summed E-state index contributed by atoms with van der Waals surface area (Å²) in [6.07, 6.45) is 0. The number of aromatic amines is 1. The van der Waals surface area contributed by atoms with Gasteiger partial charge in [0.25, 0.3) is 0 Å². The van der Waals surface area contributed by atoms with Crippen LogP contribution < -0.4 is 10.3 Å². The SMILES string of the molecule is Cc1cc(F)ccc1S(=O)(=O)NCc1cc(=O)[nH]c2ccccc12. The second-order valence-electron chi connectivity index (χ2n) is 5.44. The number of halogens is 1. The van der Waals surface area contributed by atoms with Gasteiger partial charge in [0.2, 0.25) is 15.6 Å². The molecular formula is C17H15FN2O3S. The third-order valence-electron chi connectivity index (χ3n) is 3.72. The number of aromatic nitrogens is 1. The van der Waals surface area contributed by atoms with Crippen LogP contribution in [-0.4, -0.2) is 13.4 Å². The Balaban J connectivity index is 1.94. The zero-order chi connectivity index (χ0) is 17.3. The molecule has 0 aliphatic rings. The number of hydrogen-bond acceptors (Lipinski definition) is 3. The van der Waals surface area contributed by atoms with Gasteiger partial charge in [0.05, 0.1) is 4.90 Å². The average molecular weight is 346 g/mol. The van der Waals surface area contributed by atoms with Crippen molar-refractivity contribution >= 4 is 20.9 Å². The smallest absolute Gasteiger partial charge is 0.248 e. The zero-order valence-electron chi connectivity index (χ0n) is 12.8. The van der Waals surface area contributed by atoms with Crippen molar-refractivity contribution in [2.75, 3.05) is 0 Å². The molecule has 0 atom stereocenters. The fourth-order valence-corrected chi connectivity index (χ4v) is 3.82. The maximum atomic E-state index is 13.2. The number of para-hydroxylation sites is 1. The molecule has 2 N–H and O–H groups in total. The topological polar surface area (TPSA) is 79.0 Å². The number of nitrogens with one attached hydrogen (secondary N) is 2. The summed E-state index contributed by atoms with van der Waals surface area (Å²) in [5, 5.41) is 0.760. The summed E-state index contributed by atoms with van der Waals surface area (Å²) >= 11 is 0. The van der Waals surface area contributed by atoms with Crippen molar-refractivity contribution in [1.82, 2.24) is 9.71 Å². The fraction of sp³-hybridized carbons (Fsp3) is 0.118. The van der Waals surface area contributed by atoms with Gasteiger partial charge in [-0.3, -0.25) is 4.79 Å². The Morgan fingerprint density at radius 1 is 1.12 bits per heavy atom. The van der Waals surface area contributed by atoms with Crippen LogP contribution in [0.15, 0.2) is 58.2 Å². The van der Waals surface area contributed by atoms with Crippen LogP contribution in [0.3, 0.4) is 0 Å². The third kappa shape index (κ3) is 3.22. The Labute approximate surface area is 138 Å². The van der Waals surface area contributed by atoms with Gasteiger partial charge in [-0.15, -0.1) is 0 Å². The summed E-state index contributed by atoms with van der Waals surface area (Å²) in [5.41, 5.74) is 1.22. The first-order chi connectivity index (χ1) is 11.4. The van der Waals surface area contributed by atoms with Crippen LogP contribution in [0.25, 0.3) is 10.9 Å². The summed E-state index contributed by atoms with van der Waals surface area (Å²) in [7, 11) is -3.82. The predicted octanol–water partition coefficient (Wildman–Crippen LogP) is 2.45. The largest absolute Gasteiger partial charge is 0.322 e. The molecule has 24 heavy (non-hydrogen) atoms. The Hall–Kier alpha value is -2.51. The molecule has 3 aromatic rings. The van der Waals surface area contributed by atoms with Gasteiger partial charge in [0.15, 0.2) is 0 Å². The van der Waals surface area contributed by atoms with Gasteiger partial charge in [-0.2, -0.15) is 0 Å². The molecule has 124 valence electrons. The monoisotopic (exact) mass is 346 g/mol. The van der Waals surface area contributed by atoms with Crippen LogP contribution in [0.2, 0.25) is 0 Å². The van der Waals surface area contributed by atoms with E-state index in [2.05, 4.69) is 9.71 Å². The minimum absolute atomic E-state index is 0.0121. The van der Waals surface area contributed by atoms with Gasteiger partial charge in [-0.1, -0.05) is 18.2 Å². The van der Waals surface area contributed by atoms with E-state index >= 15 is 0 Å². The highest BCUT2D eigenvalue weighted by Crippen LogP contribution is 2.18. The lowest BCUT2D eigenvalue weighted by Crippen LogP contribution is -2.25. The van der Waals surface area contributed by atoms with E-state index in [1.165, 1.54) is 19.1 Å². The molecule has 5 nitrogen and oxygen atoms in total. The maximum absolute atomic E-state index is 13.2. The highest BCUT2D eigenvalue weighted by atomic mass is 32.2. The number of fused-ring (bicyclic) bond motifs is 1. The highest BCUT2D eigenvalue weighted by Gasteiger charge is 2.17. The first kappa shape index (κ1) is 16.4. The van der Waals surface area contributed by atoms with Gasteiger partial charge in [0.1, 0.15) is 5.82 Å². The van der Waals surface area contributed by atoms with E-state index in [1.807, 2.05) is 6.07 Å². The molecule has 0 unspecified atom stereocenters. The first-order valence-corrected chi connectivity index (χ1v) is 8.72. The van der Waals surface area contributed by atoms with Crippen LogP contribution in [-0.2, 0) is 16.6 Å². The molecule has 0 amide bonds. The van der Waals surface area contributed by atoms with Crippen molar-refractivity contribution in [3.05, 3.63) is 75.8 Å². The van der Waals surface area contributed by atoms with Gasteiger partial charge in [-0.05, 0) is 42.3 Å². The average Bonchev–Trinajstić information content (AvgIpc) is 2.52. The van der Waals surface area contributed by atoms with E-state index in [-0.39, 0.29) is 17.0 Å². The van der Waals surface area contributed by atoms with Crippen LogP contribution in [0, 0.1) is 12.7 Å². The third-order valence-corrected chi connectivity index (χ3v) is 5.28. The number of H-pyrrole nitrogens is 1. The number of pyridine rings is 1. The van der Waals surface area contributed by atoms with E-state index < -0.39 is 15.8 Å². The molecule has 0 bridgehead atoms. The van der Waals surface area contributed by atoms with Gasteiger partial charge < -0.3 is 4.98 Å². The first-order valence-electron chi connectivity index (χ1n) is 7.23. The second kappa shape index (κ2) is 6.18. The van der Waals surface area contributed by atoms with Gasteiger partial charge in [0, 0.05) is 23.5 Å². The lowest BCUT2D eigenvalue weighted by Gasteiger charge is -2.11. The molecule has 1 heterocycles. The summed E-state index contributed by atoms with van der Waals surface area (Å²) in [5.74, 6) is -0.493. The van der Waals surface area contributed by atoms with E-state index in [0.717, 1.165) is 17.5 Å². The number of aryl methyl sites for hydroxylation is 1. The Kier molecular flexibility index (Phi) is 4.21. The van der Waals surface area contributed by atoms with E-state index in [0.29, 0.717) is 16.6 Å². The van der Waals surface area contributed by atoms with E-state index in [1.54, 1.807) is 18.2 Å². The van der Waals surface area contributed by atoms with Gasteiger partial charge in [-0.25, -0.2) is 17.5 Å². The zero-order valence-corrected chi connectivity index (χ0v) is 13.7. The number of sulfonamides is 1. The van der Waals surface area contributed by atoms with Crippen molar-refractivity contribution in [2.45, 2.75) is 18.4 Å². The predicted molar refractivity (Wildman–Crippen MR) is 89.7 cm³/mol. The number of benzene rings is 2. The van der Waals surface area contributed by atoms with E-state index in [4.69, 9.17) is 0 Å². The van der Waals surface area contributed by atoms with Gasteiger partial charge >= 0.3 is 0 Å². The summed E-state index contributed by atoms with van der Waals surface area (Å²) in [4.78, 5) is 14.4. The minimum atomic E-state index is -3.82. The Morgan fingerprint density at radius 3 is 2.62 bits per heavy atom. The van der Waals surface area contributed by atoms with Crippen LogP contribution in [0.5, 0.6) is 0 Å². The molecule has 0 aliphatic heterocycles. The molecule has 0 fully saturated rings. The standard InChI is InChI=1S/C17H15FN2O3S/c1-11-8-13(18)6-7-16(11)24(22,23)19-10-12-9-17(21)20-15-5-3-2-4-14(12)15/h2-9,19H,10H2,1H3,(H,20,21). The molecule has 0 saturated heterocycles. The molecule has 0 radical (unpaired) electrons. The van der Waals surface area contributed by atoms with Crippen molar-refractivity contribution < 1.29 is 12.8 Å².